The van der Waals surface area contributed by atoms with Gasteiger partial charge < -0.3 is 10.5 Å². The number of halogens is 2. The van der Waals surface area contributed by atoms with Crippen molar-refractivity contribution < 1.29 is 13.2 Å². The van der Waals surface area contributed by atoms with Gasteiger partial charge >= 0.3 is 0 Å². The first kappa shape index (κ1) is 19.6. The van der Waals surface area contributed by atoms with Gasteiger partial charge in [-0.15, -0.1) is 12.4 Å². The van der Waals surface area contributed by atoms with Crippen molar-refractivity contribution in [2.24, 2.45) is 5.73 Å². The predicted molar refractivity (Wildman–Crippen MR) is 103 cm³/mol. The lowest BCUT2D eigenvalue weighted by atomic mass is 10.1. The quantitative estimate of drug-likeness (QED) is 0.711. The molecule has 0 amide bonds. The van der Waals surface area contributed by atoms with Crippen LogP contribution in [-0.2, 0) is 16.4 Å². The van der Waals surface area contributed by atoms with Gasteiger partial charge in [-0.2, -0.15) is 0 Å². The molecule has 1 heterocycles. The molecule has 0 aliphatic carbocycles. The summed E-state index contributed by atoms with van der Waals surface area (Å²) in [6, 6.07) is 11.4. The molecule has 0 unspecified atom stereocenters. The molecule has 2 aromatic carbocycles. The number of hydrogen-bond acceptors (Lipinski definition) is 4. The van der Waals surface area contributed by atoms with Crippen LogP contribution in [0.25, 0.3) is 10.9 Å². The van der Waals surface area contributed by atoms with Crippen molar-refractivity contribution in [1.29, 1.82) is 0 Å². The Bertz CT molecular complexity index is 983. The maximum Gasteiger partial charge on any atom is 0.268 e. The van der Waals surface area contributed by atoms with Crippen LogP contribution in [0.3, 0.4) is 0 Å². The number of methoxy groups -OCH3 is 1. The zero-order valence-corrected chi connectivity index (χ0v) is 15.9. The van der Waals surface area contributed by atoms with Crippen molar-refractivity contribution in [2.75, 3.05) is 13.7 Å². The average Bonchev–Trinajstić information content (AvgIpc) is 2.94. The second kappa shape index (κ2) is 7.66. The molecule has 3 rings (SSSR count). The van der Waals surface area contributed by atoms with Crippen molar-refractivity contribution in [3.8, 4) is 5.75 Å². The molecule has 8 heteroatoms. The van der Waals surface area contributed by atoms with E-state index in [4.69, 9.17) is 22.1 Å². The topological polar surface area (TPSA) is 74.3 Å². The SMILES string of the molecule is COc1ccc2c(c1)c(CCN)cn2S(=O)(=O)c1ccc(Cl)cc1.Cl. The summed E-state index contributed by atoms with van der Waals surface area (Å²) in [6.45, 7) is 0.428. The number of aromatic nitrogens is 1. The van der Waals surface area contributed by atoms with Crippen LogP contribution in [-0.4, -0.2) is 26.0 Å². The Morgan fingerprint density at radius 1 is 1.16 bits per heavy atom. The van der Waals surface area contributed by atoms with E-state index < -0.39 is 10.0 Å². The maximum atomic E-state index is 13.0. The number of fused-ring (bicyclic) bond motifs is 1. The summed E-state index contributed by atoms with van der Waals surface area (Å²) in [4.78, 5) is 0.180. The number of ether oxygens (including phenoxy) is 1. The third kappa shape index (κ3) is 3.62. The van der Waals surface area contributed by atoms with Crippen LogP contribution in [0, 0.1) is 0 Å². The Morgan fingerprint density at radius 2 is 1.84 bits per heavy atom. The number of rotatable bonds is 5. The zero-order chi connectivity index (χ0) is 17.3. The third-order valence-electron chi connectivity index (χ3n) is 3.84. The summed E-state index contributed by atoms with van der Waals surface area (Å²) in [6.07, 6.45) is 2.20. The molecule has 5 nitrogen and oxygen atoms in total. The van der Waals surface area contributed by atoms with Gasteiger partial charge in [-0.1, -0.05) is 11.6 Å². The second-order valence-electron chi connectivity index (χ2n) is 5.33. The molecule has 0 saturated carbocycles. The van der Waals surface area contributed by atoms with Crippen LogP contribution in [0.1, 0.15) is 5.56 Å². The molecular weight excluding hydrogens is 383 g/mol. The second-order valence-corrected chi connectivity index (χ2v) is 7.58. The van der Waals surface area contributed by atoms with E-state index >= 15 is 0 Å². The van der Waals surface area contributed by atoms with Gasteiger partial charge in [0.2, 0.25) is 0 Å². The van der Waals surface area contributed by atoms with Gasteiger partial charge in [0.15, 0.2) is 0 Å². The normalized spacial score (nSPS) is 11.3. The van der Waals surface area contributed by atoms with Crippen molar-refractivity contribution >= 4 is 44.9 Å². The van der Waals surface area contributed by atoms with Gasteiger partial charge in [0, 0.05) is 16.6 Å². The molecule has 0 aliphatic heterocycles. The van der Waals surface area contributed by atoms with Crippen LogP contribution in [0.2, 0.25) is 5.02 Å². The minimum Gasteiger partial charge on any atom is -0.497 e. The molecule has 0 saturated heterocycles. The van der Waals surface area contributed by atoms with Crippen molar-refractivity contribution in [2.45, 2.75) is 11.3 Å². The van der Waals surface area contributed by atoms with Crippen molar-refractivity contribution in [3.63, 3.8) is 0 Å². The van der Waals surface area contributed by atoms with E-state index in [1.165, 1.54) is 16.1 Å². The lowest BCUT2D eigenvalue weighted by molar-refractivity contribution is 0.415. The van der Waals surface area contributed by atoms with Gasteiger partial charge in [-0.05, 0) is 61.0 Å². The molecular formula is C17H18Cl2N2O3S. The van der Waals surface area contributed by atoms with Gasteiger partial charge in [-0.3, -0.25) is 0 Å². The van der Waals surface area contributed by atoms with E-state index in [1.54, 1.807) is 37.6 Å². The molecule has 0 atom stereocenters. The Labute approximate surface area is 157 Å². The molecule has 25 heavy (non-hydrogen) atoms. The van der Waals surface area contributed by atoms with Gasteiger partial charge in [0.05, 0.1) is 17.5 Å². The Hall–Kier alpha value is -1.73. The number of benzene rings is 2. The van der Waals surface area contributed by atoms with Crippen LogP contribution in [0.5, 0.6) is 5.75 Å². The van der Waals surface area contributed by atoms with Crippen molar-refractivity contribution in [1.82, 2.24) is 3.97 Å². The van der Waals surface area contributed by atoms with Crippen LogP contribution >= 0.6 is 24.0 Å². The van der Waals surface area contributed by atoms with E-state index in [9.17, 15) is 8.42 Å². The maximum absolute atomic E-state index is 13.0. The average molecular weight is 401 g/mol. The zero-order valence-electron chi connectivity index (χ0n) is 13.5. The number of nitrogens with two attached hydrogens (primary N) is 1. The minimum atomic E-state index is -3.72. The predicted octanol–water partition coefficient (Wildman–Crippen LogP) is 3.46. The largest absolute Gasteiger partial charge is 0.497 e. The van der Waals surface area contributed by atoms with Gasteiger partial charge in [0.1, 0.15) is 5.75 Å². The fourth-order valence-corrected chi connectivity index (χ4v) is 4.16. The fourth-order valence-electron chi connectivity index (χ4n) is 2.65. The van der Waals surface area contributed by atoms with Crippen LogP contribution in [0.15, 0.2) is 53.6 Å². The van der Waals surface area contributed by atoms with E-state index in [0.29, 0.717) is 29.3 Å². The lowest BCUT2D eigenvalue weighted by Gasteiger charge is -2.08. The summed E-state index contributed by atoms with van der Waals surface area (Å²) < 4.78 is 32.5. The molecule has 2 N–H and O–H groups in total. The molecule has 0 bridgehead atoms. The minimum absolute atomic E-state index is 0. The lowest BCUT2D eigenvalue weighted by Crippen LogP contribution is -2.12. The van der Waals surface area contributed by atoms with Crippen LogP contribution < -0.4 is 10.5 Å². The highest BCUT2D eigenvalue weighted by atomic mass is 35.5. The van der Waals surface area contributed by atoms with Gasteiger partial charge in [0.25, 0.3) is 10.0 Å². The Morgan fingerprint density at radius 3 is 2.44 bits per heavy atom. The highest BCUT2D eigenvalue weighted by Gasteiger charge is 2.21. The summed E-state index contributed by atoms with van der Waals surface area (Å²) in [7, 11) is -2.15. The standard InChI is InChI=1S/C17H17ClN2O3S.ClH/c1-23-14-4-7-17-16(10-14)12(8-9-19)11-20(17)24(21,22)15-5-2-13(18)3-6-15;/h2-7,10-11H,8-9,19H2,1H3;1H. The highest BCUT2D eigenvalue weighted by Crippen LogP contribution is 2.29. The first-order valence-electron chi connectivity index (χ1n) is 7.36. The summed E-state index contributed by atoms with van der Waals surface area (Å²) in [5, 5.41) is 1.30. The monoisotopic (exact) mass is 400 g/mol. The first-order chi connectivity index (χ1) is 11.5. The molecule has 134 valence electrons. The Balaban J connectivity index is 0.00000225. The van der Waals surface area contributed by atoms with Crippen LogP contribution in [0.4, 0.5) is 0 Å². The molecule has 0 spiro atoms. The van der Waals surface area contributed by atoms with E-state index in [1.807, 2.05) is 6.07 Å². The molecule has 3 aromatic rings. The third-order valence-corrected chi connectivity index (χ3v) is 5.78. The highest BCUT2D eigenvalue weighted by molar-refractivity contribution is 7.90. The first-order valence-corrected chi connectivity index (χ1v) is 9.18. The molecule has 0 fully saturated rings. The number of nitrogens with zero attached hydrogens (tertiary/aromatic N) is 1. The molecule has 0 aliphatic rings. The Kier molecular flexibility index (Phi) is 6.00. The molecule has 1 aromatic heterocycles. The van der Waals surface area contributed by atoms with E-state index in [0.717, 1.165) is 10.9 Å². The smallest absolute Gasteiger partial charge is 0.268 e. The van der Waals surface area contributed by atoms with E-state index in [2.05, 4.69) is 0 Å². The summed E-state index contributed by atoms with van der Waals surface area (Å²) in [5.74, 6) is 0.669. The molecule has 0 radical (unpaired) electrons. The summed E-state index contributed by atoms with van der Waals surface area (Å²) in [5.41, 5.74) is 7.12. The van der Waals surface area contributed by atoms with E-state index in [-0.39, 0.29) is 17.3 Å². The van der Waals surface area contributed by atoms with Gasteiger partial charge in [-0.25, -0.2) is 12.4 Å². The summed E-state index contributed by atoms with van der Waals surface area (Å²) >= 11 is 5.85. The van der Waals surface area contributed by atoms with Crippen molar-refractivity contribution in [3.05, 3.63) is 59.2 Å². The fraction of sp³-hybridized carbons (Fsp3) is 0.176. The number of hydrogen-bond donors (Lipinski definition) is 1.